The number of hydrogen-bond donors (Lipinski definition) is 22. The summed E-state index contributed by atoms with van der Waals surface area (Å²) < 4.78 is 0. The second kappa shape index (κ2) is 55.3. The van der Waals surface area contributed by atoms with Crippen LogP contribution in [0.2, 0.25) is 0 Å². The first-order valence-corrected chi connectivity index (χ1v) is 45.2. The van der Waals surface area contributed by atoms with Gasteiger partial charge in [0, 0.05) is 87.7 Å². The van der Waals surface area contributed by atoms with E-state index in [1.165, 1.54) is 57.6 Å². The Morgan fingerprint density at radius 2 is 0.854 bits per heavy atom. The van der Waals surface area contributed by atoms with E-state index in [-0.39, 0.29) is 79.8 Å². The molecule has 15 amide bonds. The lowest BCUT2D eigenvalue weighted by atomic mass is 9.94. The molecule has 2 heterocycles. The Bertz CT molecular complexity index is 4660. The zero-order valence-electron chi connectivity index (χ0n) is 74.8. The van der Waals surface area contributed by atoms with Gasteiger partial charge < -0.3 is 116 Å². The number of nitrogens with two attached hydrogens (primary N) is 1. The van der Waals surface area contributed by atoms with Crippen LogP contribution in [0, 0.1) is 23.7 Å². The van der Waals surface area contributed by atoms with Crippen molar-refractivity contribution < 1.29 is 107 Å². The number of aromatic hydroxyl groups is 1. The van der Waals surface area contributed by atoms with Gasteiger partial charge in [0.15, 0.2) is 0 Å². The van der Waals surface area contributed by atoms with Crippen molar-refractivity contribution in [3.8, 4) is 5.75 Å². The van der Waals surface area contributed by atoms with Gasteiger partial charge in [0.25, 0.3) is 0 Å². The Morgan fingerprint density at radius 1 is 0.423 bits per heavy atom. The number of nitrogens with one attached hydrogen (secondary N) is 17. The van der Waals surface area contributed by atoms with Gasteiger partial charge in [0.1, 0.15) is 84.3 Å². The minimum atomic E-state index is -1.94. The molecule has 0 unspecified atom stereocenters. The fraction of sp³-hybridized carbons (Fsp3) is 0.529. The van der Waals surface area contributed by atoms with E-state index < -0.39 is 234 Å². The fourth-order valence-electron chi connectivity index (χ4n) is 13.5. The van der Waals surface area contributed by atoms with E-state index in [9.17, 15) is 87.5 Å². The number of fused-ring (bicyclic) bond motifs is 1. The average molecular weight is 1850 g/mol. The number of para-hydroxylation sites is 1. The first-order valence-electron chi connectivity index (χ1n) is 42.9. The normalized spacial score (nSPS) is 14.7. The first kappa shape index (κ1) is 108. The number of unbranched alkanes of at least 4 members (excludes halogenated alkanes) is 1. The van der Waals surface area contributed by atoms with Gasteiger partial charge in [-0.1, -0.05) is 129 Å². The summed E-state index contributed by atoms with van der Waals surface area (Å²) in [6.07, 6.45) is 2.24. The molecule has 0 bridgehead atoms. The molecule has 0 aliphatic rings. The van der Waals surface area contributed by atoms with Crippen molar-refractivity contribution in [3.63, 3.8) is 0 Å². The molecule has 712 valence electrons. The molecule has 2 aromatic heterocycles. The number of hydrogen-bond acceptors (Lipinski definition) is 23. The van der Waals surface area contributed by atoms with E-state index in [0.29, 0.717) is 36.0 Å². The van der Waals surface area contributed by atoms with E-state index in [1.54, 1.807) is 116 Å². The molecule has 0 saturated heterocycles. The monoisotopic (exact) mass is 1850 g/mol. The van der Waals surface area contributed by atoms with E-state index in [4.69, 9.17) is 5.73 Å². The number of carboxylic acids is 3. The summed E-state index contributed by atoms with van der Waals surface area (Å²) in [5.74, 6) is -21.4. The van der Waals surface area contributed by atoms with Crippen molar-refractivity contribution in [2.75, 3.05) is 29.8 Å². The van der Waals surface area contributed by atoms with Gasteiger partial charge in [0.05, 0.1) is 30.2 Å². The van der Waals surface area contributed by atoms with E-state index in [1.807, 2.05) is 0 Å². The van der Waals surface area contributed by atoms with Crippen LogP contribution in [0.3, 0.4) is 0 Å². The SMILES string of the molecule is CC[C@H](C)[C@H](NC(=O)[C@H](CC(=O)O)NC(=O)[C@H](CC(C)C)NC(=O)[C@H](Cc1c[nH]cn1)NC(=O)[C@H](CSCNC(C)=O)NC(=O)[C@H](Cc1ccccc1)NC(=O)[C@H](Cc1ccc(O)cc1)NC(=O)[C@@H](NC(=O)[C@H](CSCNC(C)=O)NC(=O)[C@H](CCC(=O)O)NC(=O)[C@H](CCCCN)NC(C)=O)C(C)C)C(=O)N[C@H](C(=O)N[C@@H](Cc1c[nH]c2ccccc12)C(=O)O)[C@@H](C)CC. The van der Waals surface area contributed by atoms with Crippen molar-refractivity contribution in [2.45, 2.75) is 238 Å². The molecule has 5 rings (SSSR count). The minimum Gasteiger partial charge on any atom is -0.508 e. The highest BCUT2D eigenvalue weighted by atomic mass is 32.2. The third kappa shape index (κ3) is 37.6. The standard InChI is InChI=1S/C87H125N19O22S2/c1-12-48(7)73(85(125)101-67(87(127)128)36-55-39-90-59-24-18-17-23-58(55)59)106-86(126)74(49(8)13-2)105-81(121)66(38-71(113)114)99-77(117)62(33-46(3)4)96-80(120)65(37-56-40-89-43-91-56)98-82(122)68(41-129-44-92-50(9)107)103-79(119)63(34-53-21-15-14-16-22-53)97-78(118)64(35-54-26-28-57(110)29-27-54)100-84(124)72(47(5)6)104-83(123)69(42-130-45-93-51(10)108)102-76(116)61(30-31-70(111)112)95-75(115)60(94-52(11)109)25-19-20-32-88/h14-18,21-24,26-29,39-40,43,46-49,60-69,72-74,90,110H,12-13,19-20,25,30-38,41-42,44-45,88H2,1-11H3,(H,89,91)(H,92,107)(H,93,108)(H,94,109)(H,95,115)(H,96,120)(H,97,118)(H,98,122)(H,99,117)(H,100,124)(H,101,125)(H,102,116)(H,103,119)(H,104,123)(H,105,121)(H,106,126)(H,111,112)(H,113,114)(H,127,128)/t48-,49-,60-,61-,62-,63-,64-,65-,66-,67-,68-,69-,72-,73-,74-/m0/s1. The van der Waals surface area contributed by atoms with Crippen molar-refractivity contribution in [2.24, 2.45) is 29.4 Å². The quantitative estimate of drug-likeness (QED) is 0.0182. The number of carboxylic acid groups (broad SMARTS) is 3. The number of amides is 15. The highest BCUT2D eigenvalue weighted by molar-refractivity contribution is 7.99. The molecule has 0 spiro atoms. The molecule has 0 aliphatic carbocycles. The number of aliphatic carboxylic acids is 3. The van der Waals surface area contributed by atoms with E-state index >= 15 is 19.2 Å². The van der Waals surface area contributed by atoms with Crippen LogP contribution in [0.5, 0.6) is 5.75 Å². The summed E-state index contributed by atoms with van der Waals surface area (Å²) in [5, 5.41) is 80.2. The van der Waals surface area contributed by atoms with E-state index in [0.717, 1.165) is 34.4 Å². The number of phenols is 1. The molecule has 0 radical (unpaired) electrons. The molecule has 3 aromatic carbocycles. The molecule has 0 aliphatic heterocycles. The minimum absolute atomic E-state index is 0.0894. The predicted octanol–water partition coefficient (Wildman–Crippen LogP) is 0.190. The van der Waals surface area contributed by atoms with Crippen LogP contribution in [0.15, 0.2) is 97.6 Å². The smallest absolute Gasteiger partial charge is 0.326 e. The summed E-state index contributed by atoms with van der Waals surface area (Å²) >= 11 is 1.90. The van der Waals surface area contributed by atoms with Crippen molar-refractivity contribution in [1.29, 1.82) is 0 Å². The largest absolute Gasteiger partial charge is 0.508 e. The number of phenolic OH excluding ortho intramolecular Hbond substituents is 1. The van der Waals surface area contributed by atoms with Crippen molar-refractivity contribution in [3.05, 3.63) is 120 Å². The summed E-state index contributed by atoms with van der Waals surface area (Å²) in [6, 6.07) is 0.483. The maximum absolute atomic E-state index is 15.3. The summed E-state index contributed by atoms with van der Waals surface area (Å²) in [7, 11) is 0. The van der Waals surface area contributed by atoms with E-state index in [2.05, 4.69) is 94.7 Å². The number of benzene rings is 3. The van der Waals surface area contributed by atoms with Crippen LogP contribution < -0.4 is 85.5 Å². The number of imidazole rings is 1. The third-order valence-corrected chi connectivity index (χ3v) is 22.9. The molecule has 5 aromatic rings. The van der Waals surface area contributed by atoms with Gasteiger partial charge in [0.2, 0.25) is 88.6 Å². The summed E-state index contributed by atoms with van der Waals surface area (Å²) in [6.45, 7) is 17.0. The zero-order valence-corrected chi connectivity index (χ0v) is 76.4. The molecule has 0 saturated carbocycles. The van der Waals surface area contributed by atoms with Crippen LogP contribution >= 0.6 is 23.5 Å². The average Bonchev–Trinajstić information content (AvgIpc) is 1.73. The predicted molar refractivity (Wildman–Crippen MR) is 482 cm³/mol. The maximum Gasteiger partial charge on any atom is 0.326 e. The van der Waals surface area contributed by atoms with Gasteiger partial charge in [-0.2, -0.15) is 0 Å². The molecular weight excluding hydrogens is 1730 g/mol. The van der Waals surface area contributed by atoms with Gasteiger partial charge >= 0.3 is 17.9 Å². The molecule has 41 nitrogen and oxygen atoms in total. The van der Waals surface area contributed by atoms with Crippen LogP contribution in [0.25, 0.3) is 10.9 Å². The highest BCUT2D eigenvalue weighted by Crippen LogP contribution is 2.22. The lowest BCUT2D eigenvalue weighted by Gasteiger charge is -2.31. The Morgan fingerprint density at radius 3 is 1.35 bits per heavy atom. The molecule has 43 heteroatoms. The van der Waals surface area contributed by atoms with Gasteiger partial charge in [-0.25, -0.2) is 9.78 Å². The number of nitrogens with zero attached hydrogens (tertiary/aromatic N) is 1. The Balaban J connectivity index is 1.46. The fourth-order valence-corrected chi connectivity index (χ4v) is 15.2. The first-order chi connectivity index (χ1) is 61.6. The maximum atomic E-state index is 15.3. The van der Waals surface area contributed by atoms with Gasteiger partial charge in [-0.05, 0) is 97.2 Å². The van der Waals surface area contributed by atoms with Gasteiger partial charge in [-0.3, -0.25) is 81.5 Å². The highest BCUT2D eigenvalue weighted by Gasteiger charge is 2.41. The van der Waals surface area contributed by atoms with Crippen molar-refractivity contribution in [1.82, 2.24) is 94.7 Å². The zero-order chi connectivity index (χ0) is 96.4. The van der Waals surface area contributed by atoms with Crippen molar-refractivity contribution >= 4 is 141 Å². The van der Waals surface area contributed by atoms with Crippen LogP contribution in [-0.2, 0) is 112 Å². The van der Waals surface area contributed by atoms with Crippen LogP contribution in [-0.4, -0.2) is 250 Å². The number of aromatic nitrogens is 3. The Labute approximate surface area is 761 Å². The lowest BCUT2D eigenvalue weighted by molar-refractivity contribution is -0.143. The molecule has 0 fully saturated rings. The number of rotatable bonds is 58. The second-order valence-corrected chi connectivity index (χ2v) is 34.5. The molecule has 15 atom stereocenters. The van der Waals surface area contributed by atoms with Crippen LogP contribution in [0.1, 0.15) is 156 Å². The van der Waals surface area contributed by atoms with Crippen LogP contribution in [0.4, 0.5) is 0 Å². The molecule has 130 heavy (non-hydrogen) atoms. The third-order valence-electron chi connectivity index (χ3n) is 21.0. The molecular formula is C87H125N19O22S2. The number of thioether (sulfide) groups is 2. The molecule has 23 N–H and O–H groups in total. The number of aromatic amines is 2. The lowest BCUT2D eigenvalue weighted by Crippen LogP contribution is -2.62. The summed E-state index contributed by atoms with van der Waals surface area (Å²) in [4.78, 5) is 260. The van der Waals surface area contributed by atoms with Gasteiger partial charge in [-0.15, -0.1) is 23.5 Å². The number of carbonyl (C=O) groups is 18. The number of H-pyrrole nitrogens is 2. The summed E-state index contributed by atoms with van der Waals surface area (Å²) in [5.41, 5.74) is 7.98. The Kier molecular flexibility index (Phi) is 45.9. The topological polar surface area (TPSA) is 639 Å². The number of carbonyl (C=O) groups excluding carboxylic acids is 15. The Hall–Kier alpha value is -12.7. The second-order valence-electron chi connectivity index (χ2n) is 32.4.